The summed E-state index contributed by atoms with van der Waals surface area (Å²) in [6, 6.07) is 18.3. The van der Waals surface area contributed by atoms with Crippen LogP contribution in [0.3, 0.4) is 0 Å². The van der Waals surface area contributed by atoms with E-state index in [2.05, 4.69) is 33.2 Å². The van der Waals surface area contributed by atoms with Crippen LogP contribution >= 0.6 is 0 Å². The van der Waals surface area contributed by atoms with Gasteiger partial charge in [-0.3, -0.25) is 0 Å². The molecule has 18 heavy (non-hydrogen) atoms. The zero-order valence-electron chi connectivity index (χ0n) is 9.69. The lowest BCUT2D eigenvalue weighted by Gasteiger charge is -2.07. The molecule has 1 aromatic heterocycles. The Morgan fingerprint density at radius 1 is 0.611 bits per heavy atom. The van der Waals surface area contributed by atoms with Gasteiger partial charge in [-0.05, 0) is 11.1 Å². The van der Waals surface area contributed by atoms with Crippen molar-refractivity contribution in [3.8, 4) is 22.5 Å². The molecule has 0 saturated carbocycles. The average molecular weight is 233 g/mol. The van der Waals surface area contributed by atoms with Crippen molar-refractivity contribution in [2.24, 2.45) is 0 Å². The van der Waals surface area contributed by atoms with E-state index in [9.17, 15) is 0 Å². The first kappa shape index (κ1) is 10.6. The molecule has 0 atom stereocenters. The molecule has 3 heteroatoms. The normalized spacial score (nSPS) is 10.2. The summed E-state index contributed by atoms with van der Waals surface area (Å²) in [5.41, 5.74) is 3.31. The van der Waals surface area contributed by atoms with E-state index >= 15 is 0 Å². The molecule has 0 saturated heterocycles. The fraction of sp³-hybridized carbons (Fsp3) is 0. The maximum absolute atomic E-state index is 4.21. The summed E-state index contributed by atoms with van der Waals surface area (Å²) in [6.07, 6.45) is 3.04. The molecule has 86 valence electrons. The van der Waals surface area contributed by atoms with Crippen LogP contribution in [-0.4, -0.2) is 15.0 Å². The van der Waals surface area contributed by atoms with Crippen molar-refractivity contribution in [2.75, 3.05) is 0 Å². The Morgan fingerprint density at radius 2 is 1.22 bits per heavy atom. The van der Waals surface area contributed by atoms with E-state index in [0.29, 0.717) is 5.82 Å². The number of rotatable bonds is 2. The molecule has 0 aliphatic carbocycles. The van der Waals surface area contributed by atoms with Gasteiger partial charge in [0.25, 0.3) is 0 Å². The van der Waals surface area contributed by atoms with Crippen molar-refractivity contribution in [1.29, 1.82) is 0 Å². The second kappa shape index (κ2) is 4.75. The zero-order chi connectivity index (χ0) is 12.2. The van der Waals surface area contributed by atoms with Gasteiger partial charge in [0.2, 0.25) is 0 Å². The van der Waals surface area contributed by atoms with Gasteiger partial charge in [0.05, 0.1) is 0 Å². The molecule has 0 spiro atoms. The molecule has 0 aliphatic rings. The molecule has 0 unspecified atom stereocenters. The fourth-order valence-electron chi connectivity index (χ4n) is 1.93. The van der Waals surface area contributed by atoms with Gasteiger partial charge in [0.1, 0.15) is 12.7 Å². The Morgan fingerprint density at radius 3 is 1.94 bits per heavy atom. The summed E-state index contributed by atoms with van der Waals surface area (Å²) in [6.45, 7) is 0. The van der Waals surface area contributed by atoms with E-state index in [4.69, 9.17) is 0 Å². The van der Waals surface area contributed by atoms with Gasteiger partial charge in [0, 0.05) is 5.56 Å². The van der Waals surface area contributed by atoms with Gasteiger partial charge < -0.3 is 0 Å². The minimum absolute atomic E-state index is 0.699. The molecule has 0 aliphatic heterocycles. The second-order valence-electron chi connectivity index (χ2n) is 3.87. The summed E-state index contributed by atoms with van der Waals surface area (Å²) in [5.74, 6) is 0.699. The Labute approximate surface area is 105 Å². The van der Waals surface area contributed by atoms with Gasteiger partial charge in [-0.25, -0.2) is 15.0 Å². The summed E-state index contributed by atoms with van der Waals surface area (Å²) in [5, 5.41) is 0. The largest absolute Gasteiger partial charge is 0.225 e. The highest BCUT2D eigenvalue weighted by Crippen LogP contribution is 2.29. The molecule has 3 nitrogen and oxygen atoms in total. The van der Waals surface area contributed by atoms with Crippen molar-refractivity contribution >= 4 is 0 Å². The third-order valence-corrected chi connectivity index (χ3v) is 2.75. The Balaban J connectivity index is 2.18. The average Bonchev–Trinajstić information content (AvgIpc) is 2.49. The fourth-order valence-corrected chi connectivity index (χ4v) is 1.93. The number of hydrogen-bond acceptors (Lipinski definition) is 3. The van der Waals surface area contributed by atoms with Crippen molar-refractivity contribution in [3.05, 3.63) is 67.3 Å². The van der Waals surface area contributed by atoms with Gasteiger partial charge in [-0.1, -0.05) is 54.6 Å². The van der Waals surface area contributed by atoms with Gasteiger partial charge in [-0.15, -0.1) is 0 Å². The molecular weight excluding hydrogens is 222 g/mol. The third-order valence-electron chi connectivity index (χ3n) is 2.75. The molecule has 0 radical (unpaired) electrons. The lowest BCUT2D eigenvalue weighted by atomic mass is 9.99. The highest BCUT2D eigenvalue weighted by atomic mass is 15.0. The van der Waals surface area contributed by atoms with Crippen LogP contribution in [0.1, 0.15) is 0 Å². The van der Waals surface area contributed by atoms with Gasteiger partial charge in [-0.2, -0.15) is 0 Å². The molecule has 0 bridgehead atoms. The summed E-state index contributed by atoms with van der Waals surface area (Å²) in [7, 11) is 0. The van der Waals surface area contributed by atoms with Crippen LogP contribution in [0.5, 0.6) is 0 Å². The lowest BCUT2D eigenvalue weighted by molar-refractivity contribution is 1.06. The Hall–Kier alpha value is -2.55. The van der Waals surface area contributed by atoms with Crippen LogP contribution in [0, 0.1) is 0 Å². The predicted molar refractivity (Wildman–Crippen MR) is 70.7 cm³/mol. The van der Waals surface area contributed by atoms with Crippen LogP contribution in [-0.2, 0) is 0 Å². The van der Waals surface area contributed by atoms with Crippen LogP contribution in [0.2, 0.25) is 0 Å². The quantitative estimate of drug-likeness (QED) is 0.682. The Kier molecular flexibility index (Phi) is 2.80. The highest BCUT2D eigenvalue weighted by Gasteiger charge is 2.07. The smallest absolute Gasteiger partial charge is 0.163 e. The minimum atomic E-state index is 0.699. The predicted octanol–water partition coefficient (Wildman–Crippen LogP) is 3.21. The van der Waals surface area contributed by atoms with Crippen molar-refractivity contribution in [1.82, 2.24) is 15.0 Å². The topological polar surface area (TPSA) is 38.7 Å². The number of benzene rings is 2. The summed E-state index contributed by atoms with van der Waals surface area (Å²) in [4.78, 5) is 12.3. The maximum Gasteiger partial charge on any atom is 0.163 e. The SMILES string of the molecule is c1ccc(-c2ccccc2-c2ncncn2)cc1. The summed E-state index contributed by atoms with van der Waals surface area (Å²) < 4.78 is 0. The highest BCUT2D eigenvalue weighted by molar-refractivity contribution is 5.80. The van der Waals surface area contributed by atoms with Gasteiger partial charge in [0.15, 0.2) is 5.82 Å². The van der Waals surface area contributed by atoms with E-state index in [1.165, 1.54) is 12.7 Å². The van der Waals surface area contributed by atoms with E-state index in [-0.39, 0.29) is 0 Å². The lowest BCUT2D eigenvalue weighted by Crippen LogP contribution is -1.91. The van der Waals surface area contributed by atoms with E-state index < -0.39 is 0 Å². The molecule has 2 aromatic carbocycles. The molecule has 3 aromatic rings. The first-order valence-electron chi connectivity index (χ1n) is 5.72. The zero-order valence-corrected chi connectivity index (χ0v) is 9.69. The van der Waals surface area contributed by atoms with Crippen molar-refractivity contribution < 1.29 is 0 Å². The van der Waals surface area contributed by atoms with Gasteiger partial charge >= 0.3 is 0 Å². The molecule has 0 amide bonds. The standard InChI is InChI=1S/C15H11N3/c1-2-6-12(7-3-1)13-8-4-5-9-14(13)15-17-10-16-11-18-15/h1-11H. The maximum atomic E-state index is 4.21. The van der Waals surface area contributed by atoms with Crippen molar-refractivity contribution in [2.45, 2.75) is 0 Å². The van der Waals surface area contributed by atoms with E-state index in [1.807, 2.05) is 36.4 Å². The second-order valence-corrected chi connectivity index (χ2v) is 3.87. The number of aromatic nitrogens is 3. The minimum Gasteiger partial charge on any atom is -0.225 e. The molecule has 0 fully saturated rings. The van der Waals surface area contributed by atoms with Crippen LogP contribution in [0.25, 0.3) is 22.5 Å². The monoisotopic (exact) mass is 233 g/mol. The molecule has 0 N–H and O–H groups in total. The third kappa shape index (κ3) is 1.98. The van der Waals surface area contributed by atoms with Crippen molar-refractivity contribution in [3.63, 3.8) is 0 Å². The Bertz CT molecular complexity index is 578. The van der Waals surface area contributed by atoms with E-state index in [1.54, 1.807) is 0 Å². The molecule has 1 heterocycles. The first-order valence-corrected chi connectivity index (χ1v) is 5.72. The van der Waals surface area contributed by atoms with Crippen LogP contribution in [0.15, 0.2) is 67.3 Å². The van der Waals surface area contributed by atoms with Crippen LogP contribution in [0.4, 0.5) is 0 Å². The molecular formula is C15H11N3. The summed E-state index contributed by atoms with van der Waals surface area (Å²) >= 11 is 0. The first-order chi connectivity index (χ1) is 8.95. The number of nitrogens with zero attached hydrogens (tertiary/aromatic N) is 3. The molecule has 3 rings (SSSR count). The number of hydrogen-bond donors (Lipinski definition) is 0. The van der Waals surface area contributed by atoms with E-state index in [0.717, 1.165) is 16.7 Å². The van der Waals surface area contributed by atoms with Crippen LogP contribution < -0.4 is 0 Å².